The van der Waals surface area contributed by atoms with E-state index < -0.39 is 5.91 Å². The highest BCUT2D eigenvalue weighted by atomic mass is 16.3. The fourth-order valence-electron chi connectivity index (χ4n) is 2.72. The van der Waals surface area contributed by atoms with Gasteiger partial charge in [0.2, 0.25) is 5.91 Å². The lowest BCUT2D eigenvalue weighted by Gasteiger charge is -2.13. The molecule has 0 saturated heterocycles. The van der Waals surface area contributed by atoms with Crippen molar-refractivity contribution < 1.29 is 14.7 Å². The second kappa shape index (κ2) is 7.50. The molecule has 3 rings (SSSR count). The summed E-state index contributed by atoms with van der Waals surface area (Å²) < 4.78 is 0. The second-order valence-corrected chi connectivity index (χ2v) is 6.84. The molecule has 138 valence electrons. The topological polar surface area (TPSA) is 78.4 Å². The van der Waals surface area contributed by atoms with Crippen molar-refractivity contribution in [3.05, 3.63) is 65.7 Å². The minimum absolute atomic E-state index is 0.0758. The summed E-state index contributed by atoms with van der Waals surface area (Å²) in [5.41, 5.74) is 2.24. The molecule has 0 aromatic heterocycles. The van der Waals surface area contributed by atoms with Crippen molar-refractivity contribution in [1.82, 2.24) is 0 Å². The number of hydrogen-bond acceptors (Lipinski definition) is 3. The SMILES string of the molecule is Cc1ccc(NC(=O)C(C)C)cc1NC(=O)c1cc2ccccc2cc1O. The first-order valence-corrected chi connectivity index (χ1v) is 8.80. The summed E-state index contributed by atoms with van der Waals surface area (Å²) >= 11 is 0. The van der Waals surface area contributed by atoms with Crippen molar-refractivity contribution in [2.75, 3.05) is 10.6 Å². The molecule has 0 radical (unpaired) electrons. The molecule has 0 atom stereocenters. The zero-order chi connectivity index (χ0) is 19.6. The number of fused-ring (bicyclic) bond motifs is 1. The van der Waals surface area contributed by atoms with E-state index in [0.29, 0.717) is 11.4 Å². The Labute approximate surface area is 158 Å². The van der Waals surface area contributed by atoms with Crippen molar-refractivity contribution in [3.63, 3.8) is 0 Å². The molecule has 0 bridgehead atoms. The van der Waals surface area contributed by atoms with Crippen molar-refractivity contribution in [2.24, 2.45) is 5.92 Å². The predicted octanol–water partition coefficient (Wildman–Crippen LogP) is 4.70. The van der Waals surface area contributed by atoms with Crippen LogP contribution in [0.1, 0.15) is 29.8 Å². The highest BCUT2D eigenvalue weighted by molar-refractivity contribution is 6.09. The van der Waals surface area contributed by atoms with Gasteiger partial charge in [-0.05, 0) is 47.5 Å². The number of amides is 2. The van der Waals surface area contributed by atoms with Gasteiger partial charge in [-0.2, -0.15) is 0 Å². The number of hydrogen-bond donors (Lipinski definition) is 3. The van der Waals surface area contributed by atoms with Gasteiger partial charge in [-0.15, -0.1) is 0 Å². The Morgan fingerprint density at radius 1 is 0.926 bits per heavy atom. The maximum atomic E-state index is 12.7. The molecule has 0 spiro atoms. The lowest BCUT2D eigenvalue weighted by Crippen LogP contribution is -2.18. The molecule has 0 unspecified atom stereocenters. The molecule has 3 aromatic carbocycles. The Morgan fingerprint density at radius 2 is 1.59 bits per heavy atom. The zero-order valence-corrected chi connectivity index (χ0v) is 15.5. The lowest BCUT2D eigenvalue weighted by atomic mass is 10.0. The molecule has 3 N–H and O–H groups in total. The van der Waals surface area contributed by atoms with Gasteiger partial charge in [0, 0.05) is 17.3 Å². The number of anilines is 2. The predicted molar refractivity (Wildman–Crippen MR) is 108 cm³/mol. The molecule has 5 nitrogen and oxygen atoms in total. The van der Waals surface area contributed by atoms with Crippen LogP contribution in [0.2, 0.25) is 0 Å². The van der Waals surface area contributed by atoms with Crippen LogP contribution in [0.4, 0.5) is 11.4 Å². The number of rotatable bonds is 4. The molecule has 5 heteroatoms. The summed E-state index contributed by atoms with van der Waals surface area (Å²) in [6.45, 7) is 5.49. The van der Waals surface area contributed by atoms with Gasteiger partial charge in [0.15, 0.2) is 0 Å². The van der Waals surface area contributed by atoms with E-state index in [1.54, 1.807) is 24.3 Å². The summed E-state index contributed by atoms with van der Waals surface area (Å²) in [5, 5.41) is 17.6. The average Bonchev–Trinajstić information content (AvgIpc) is 2.63. The third-order valence-electron chi connectivity index (χ3n) is 4.39. The molecule has 2 amide bonds. The van der Waals surface area contributed by atoms with E-state index in [0.717, 1.165) is 16.3 Å². The number of carbonyl (C=O) groups is 2. The number of nitrogens with one attached hydrogen (secondary N) is 2. The third kappa shape index (κ3) is 4.08. The molecule has 0 aliphatic carbocycles. The summed E-state index contributed by atoms with van der Waals surface area (Å²) in [6.07, 6.45) is 0. The van der Waals surface area contributed by atoms with E-state index >= 15 is 0 Å². The van der Waals surface area contributed by atoms with Crippen LogP contribution in [0.3, 0.4) is 0 Å². The summed E-state index contributed by atoms with van der Waals surface area (Å²) in [6, 6.07) is 16.1. The van der Waals surface area contributed by atoms with Crippen molar-refractivity contribution in [1.29, 1.82) is 0 Å². The number of aromatic hydroxyl groups is 1. The number of aryl methyl sites for hydroxylation is 1. The van der Waals surface area contributed by atoms with Gasteiger partial charge < -0.3 is 15.7 Å². The van der Waals surface area contributed by atoms with Gasteiger partial charge in [0.05, 0.1) is 5.56 Å². The van der Waals surface area contributed by atoms with Gasteiger partial charge in [0.1, 0.15) is 5.75 Å². The van der Waals surface area contributed by atoms with Crippen LogP contribution in [-0.2, 0) is 4.79 Å². The van der Waals surface area contributed by atoms with Crippen LogP contribution in [0, 0.1) is 12.8 Å². The Hall–Kier alpha value is -3.34. The fourth-order valence-corrected chi connectivity index (χ4v) is 2.72. The van der Waals surface area contributed by atoms with Crippen LogP contribution in [0.15, 0.2) is 54.6 Å². The first-order valence-electron chi connectivity index (χ1n) is 8.80. The Morgan fingerprint density at radius 3 is 2.26 bits per heavy atom. The fraction of sp³-hybridized carbons (Fsp3) is 0.182. The van der Waals surface area contributed by atoms with Crippen LogP contribution in [0.5, 0.6) is 5.75 Å². The molecule has 0 saturated carbocycles. The lowest BCUT2D eigenvalue weighted by molar-refractivity contribution is -0.118. The van der Waals surface area contributed by atoms with Crippen LogP contribution in [0.25, 0.3) is 10.8 Å². The van der Waals surface area contributed by atoms with Crippen LogP contribution >= 0.6 is 0 Å². The number of carbonyl (C=O) groups excluding carboxylic acids is 2. The maximum Gasteiger partial charge on any atom is 0.259 e. The van der Waals surface area contributed by atoms with Crippen molar-refractivity contribution >= 4 is 34.0 Å². The number of phenolic OH excluding ortho intramolecular Hbond substituents is 1. The van der Waals surface area contributed by atoms with E-state index in [1.807, 2.05) is 51.1 Å². The molecule has 0 heterocycles. The quantitative estimate of drug-likeness (QED) is 0.629. The van der Waals surface area contributed by atoms with Crippen LogP contribution in [-0.4, -0.2) is 16.9 Å². The van der Waals surface area contributed by atoms with Crippen molar-refractivity contribution in [3.8, 4) is 5.75 Å². The molecule has 27 heavy (non-hydrogen) atoms. The molecule has 0 aliphatic heterocycles. The zero-order valence-electron chi connectivity index (χ0n) is 15.5. The molecule has 0 fully saturated rings. The Balaban J connectivity index is 1.87. The van der Waals surface area contributed by atoms with Crippen LogP contribution < -0.4 is 10.6 Å². The average molecular weight is 362 g/mol. The third-order valence-corrected chi connectivity index (χ3v) is 4.39. The second-order valence-electron chi connectivity index (χ2n) is 6.84. The van der Waals surface area contributed by atoms with E-state index in [4.69, 9.17) is 0 Å². The van der Waals surface area contributed by atoms with E-state index in [9.17, 15) is 14.7 Å². The van der Waals surface area contributed by atoms with Crippen molar-refractivity contribution in [2.45, 2.75) is 20.8 Å². The monoisotopic (exact) mass is 362 g/mol. The van der Waals surface area contributed by atoms with Gasteiger partial charge in [-0.3, -0.25) is 9.59 Å². The molecular formula is C22H22N2O3. The Kier molecular flexibility index (Phi) is 5.12. The molecular weight excluding hydrogens is 340 g/mol. The van der Waals surface area contributed by atoms with E-state index in [1.165, 1.54) is 0 Å². The highest BCUT2D eigenvalue weighted by Crippen LogP contribution is 2.27. The number of phenols is 1. The minimum atomic E-state index is -0.409. The summed E-state index contributed by atoms with van der Waals surface area (Å²) in [5.74, 6) is -0.719. The first-order chi connectivity index (χ1) is 12.8. The Bertz CT molecular complexity index is 1030. The summed E-state index contributed by atoms with van der Waals surface area (Å²) in [7, 11) is 0. The largest absolute Gasteiger partial charge is 0.507 e. The molecule has 0 aliphatic rings. The highest BCUT2D eigenvalue weighted by Gasteiger charge is 2.15. The first kappa shape index (κ1) is 18.5. The maximum absolute atomic E-state index is 12.7. The smallest absolute Gasteiger partial charge is 0.259 e. The minimum Gasteiger partial charge on any atom is -0.507 e. The van der Waals surface area contributed by atoms with Gasteiger partial charge in [-0.1, -0.05) is 44.2 Å². The van der Waals surface area contributed by atoms with Gasteiger partial charge in [0.25, 0.3) is 5.91 Å². The van der Waals surface area contributed by atoms with E-state index in [-0.39, 0.29) is 23.1 Å². The molecule has 3 aromatic rings. The normalized spacial score (nSPS) is 10.8. The van der Waals surface area contributed by atoms with E-state index in [2.05, 4.69) is 10.6 Å². The summed E-state index contributed by atoms with van der Waals surface area (Å²) in [4.78, 5) is 24.6. The van der Waals surface area contributed by atoms with Gasteiger partial charge in [-0.25, -0.2) is 0 Å². The number of benzene rings is 3. The standard InChI is InChI=1S/C22H22N2O3/c1-13(2)21(26)23-17-9-8-14(3)19(12-17)24-22(27)18-10-15-6-4-5-7-16(15)11-20(18)25/h4-13,25H,1-3H3,(H,23,26)(H,24,27). The van der Waals surface area contributed by atoms with Gasteiger partial charge >= 0.3 is 0 Å².